The van der Waals surface area contributed by atoms with Crippen molar-refractivity contribution in [2.75, 3.05) is 11.9 Å². The van der Waals surface area contributed by atoms with Crippen molar-refractivity contribution in [3.05, 3.63) is 69.2 Å². The van der Waals surface area contributed by atoms with Gasteiger partial charge in [0.05, 0.1) is 5.69 Å². The second-order valence-electron chi connectivity index (χ2n) is 8.37. The summed E-state index contributed by atoms with van der Waals surface area (Å²) < 4.78 is 0. The first-order chi connectivity index (χ1) is 14.9. The molecule has 0 atom stereocenters. The molecule has 31 heavy (non-hydrogen) atoms. The molecule has 1 fully saturated rings. The zero-order valence-electron chi connectivity index (χ0n) is 18.2. The fraction of sp³-hybridized carbons (Fsp3) is 0.360. The Labute approximate surface area is 193 Å². The molecule has 4 nitrogen and oxygen atoms in total. The van der Waals surface area contributed by atoms with Crippen LogP contribution in [0.5, 0.6) is 0 Å². The molecule has 0 spiro atoms. The smallest absolute Gasteiger partial charge is 0.283 e. The van der Waals surface area contributed by atoms with Crippen molar-refractivity contribution in [2.24, 2.45) is 0 Å². The van der Waals surface area contributed by atoms with Crippen molar-refractivity contribution < 1.29 is 9.59 Å². The summed E-state index contributed by atoms with van der Waals surface area (Å²) in [6.45, 7) is 3.95. The van der Waals surface area contributed by atoms with Gasteiger partial charge in [-0.3, -0.25) is 9.59 Å². The standard InChI is InChI=1S/C25H27ClN2O2S/c1-16-9-14-21(17(2)15-16)28-24(29)22(27(3)19-7-5-4-6-8-19)23(25(28)30)31-20-12-10-18(26)11-13-20/h9-15,19H,4-8H2,1-3H3. The van der Waals surface area contributed by atoms with Gasteiger partial charge in [0.25, 0.3) is 11.8 Å². The van der Waals surface area contributed by atoms with Gasteiger partial charge in [0.1, 0.15) is 10.6 Å². The van der Waals surface area contributed by atoms with Crippen molar-refractivity contribution in [3.8, 4) is 0 Å². The van der Waals surface area contributed by atoms with Crippen LogP contribution in [-0.4, -0.2) is 29.8 Å². The fourth-order valence-electron chi connectivity index (χ4n) is 4.45. The summed E-state index contributed by atoms with van der Waals surface area (Å²) >= 11 is 7.38. The molecule has 162 valence electrons. The molecule has 0 saturated heterocycles. The lowest BCUT2D eigenvalue weighted by Gasteiger charge is -2.33. The number of benzene rings is 2. The number of carbonyl (C=O) groups is 2. The van der Waals surface area contributed by atoms with Gasteiger partial charge < -0.3 is 4.90 Å². The van der Waals surface area contributed by atoms with Crippen LogP contribution in [0.2, 0.25) is 5.02 Å². The molecule has 0 radical (unpaired) electrons. The lowest BCUT2D eigenvalue weighted by atomic mass is 9.94. The largest absolute Gasteiger partial charge is 0.366 e. The minimum absolute atomic E-state index is 0.235. The highest BCUT2D eigenvalue weighted by molar-refractivity contribution is 8.04. The van der Waals surface area contributed by atoms with Crippen molar-refractivity contribution in [1.82, 2.24) is 4.90 Å². The SMILES string of the molecule is Cc1ccc(N2C(=O)C(Sc3ccc(Cl)cc3)=C(N(C)C3CCCCC3)C2=O)c(C)c1. The molecule has 1 aliphatic heterocycles. The zero-order valence-corrected chi connectivity index (χ0v) is 19.7. The lowest BCUT2D eigenvalue weighted by Crippen LogP contribution is -2.39. The highest BCUT2D eigenvalue weighted by Crippen LogP contribution is 2.41. The Morgan fingerprint density at radius 3 is 2.29 bits per heavy atom. The van der Waals surface area contributed by atoms with Crippen molar-refractivity contribution >= 4 is 40.9 Å². The topological polar surface area (TPSA) is 40.6 Å². The van der Waals surface area contributed by atoms with E-state index in [4.69, 9.17) is 11.6 Å². The third-order valence-corrected chi connectivity index (χ3v) is 7.45. The number of anilines is 1. The molecule has 4 rings (SSSR count). The van der Waals surface area contributed by atoms with Crippen LogP contribution in [0, 0.1) is 13.8 Å². The molecule has 0 bridgehead atoms. The van der Waals surface area contributed by atoms with E-state index in [0.717, 1.165) is 41.7 Å². The van der Waals surface area contributed by atoms with E-state index in [2.05, 4.69) is 4.90 Å². The molecule has 2 amide bonds. The Bertz CT molecular complexity index is 1040. The molecule has 2 aromatic rings. The number of likely N-dealkylation sites (N-methyl/N-ethyl adjacent to an activating group) is 1. The highest BCUT2D eigenvalue weighted by Gasteiger charge is 2.43. The van der Waals surface area contributed by atoms with Gasteiger partial charge in [-0.25, -0.2) is 4.90 Å². The number of imide groups is 1. The third-order valence-electron chi connectivity index (χ3n) is 6.12. The Morgan fingerprint density at radius 2 is 1.65 bits per heavy atom. The minimum Gasteiger partial charge on any atom is -0.366 e. The van der Waals surface area contributed by atoms with Crippen LogP contribution in [0.1, 0.15) is 43.2 Å². The fourth-order valence-corrected chi connectivity index (χ4v) is 5.59. The molecule has 0 unspecified atom stereocenters. The second kappa shape index (κ2) is 9.09. The van der Waals surface area contributed by atoms with E-state index in [9.17, 15) is 9.59 Å². The van der Waals surface area contributed by atoms with Crippen molar-refractivity contribution in [3.63, 3.8) is 0 Å². The Balaban J connectivity index is 1.75. The van der Waals surface area contributed by atoms with Crippen LogP contribution in [0.3, 0.4) is 0 Å². The van der Waals surface area contributed by atoms with Gasteiger partial charge >= 0.3 is 0 Å². The zero-order chi connectivity index (χ0) is 22.1. The van der Waals surface area contributed by atoms with Crippen LogP contribution in [-0.2, 0) is 9.59 Å². The number of carbonyl (C=O) groups excluding carboxylic acids is 2. The number of nitrogens with zero attached hydrogens (tertiary/aromatic N) is 2. The summed E-state index contributed by atoms with van der Waals surface area (Å²) in [7, 11) is 1.96. The summed E-state index contributed by atoms with van der Waals surface area (Å²) in [4.78, 5) is 32.0. The first-order valence-electron chi connectivity index (χ1n) is 10.7. The predicted octanol–water partition coefficient (Wildman–Crippen LogP) is 6.10. The van der Waals surface area contributed by atoms with E-state index in [1.807, 2.05) is 51.2 Å². The lowest BCUT2D eigenvalue weighted by molar-refractivity contribution is -0.121. The van der Waals surface area contributed by atoms with Gasteiger partial charge in [0.2, 0.25) is 0 Å². The maximum atomic E-state index is 13.7. The van der Waals surface area contributed by atoms with Gasteiger partial charge in [-0.2, -0.15) is 0 Å². The van der Waals surface area contributed by atoms with E-state index in [0.29, 0.717) is 21.3 Å². The summed E-state index contributed by atoms with van der Waals surface area (Å²) in [6, 6.07) is 13.5. The molecule has 1 heterocycles. The van der Waals surface area contributed by atoms with Gasteiger partial charge in [0, 0.05) is 23.0 Å². The number of halogens is 1. The molecule has 0 N–H and O–H groups in total. The van der Waals surface area contributed by atoms with E-state index < -0.39 is 0 Å². The van der Waals surface area contributed by atoms with Gasteiger partial charge in [0.15, 0.2) is 0 Å². The van der Waals surface area contributed by atoms with E-state index in [1.54, 1.807) is 12.1 Å². The summed E-state index contributed by atoms with van der Waals surface area (Å²) in [6.07, 6.45) is 5.64. The maximum absolute atomic E-state index is 13.7. The van der Waals surface area contributed by atoms with Crippen LogP contribution in [0.4, 0.5) is 5.69 Å². The first kappa shape index (κ1) is 22.0. The number of hydrogen-bond donors (Lipinski definition) is 0. The Kier molecular flexibility index (Phi) is 6.44. The van der Waals surface area contributed by atoms with Gasteiger partial charge in [-0.05, 0) is 62.6 Å². The van der Waals surface area contributed by atoms with Crippen LogP contribution in [0.15, 0.2) is 58.0 Å². The predicted molar refractivity (Wildman–Crippen MR) is 127 cm³/mol. The number of thioether (sulfide) groups is 1. The number of hydrogen-bond acceptors (Lipinski definition) is 4. The summed E-state index contributed by atoms with van der Waals surface area (Å²) in [5, 5.41) is 0.642. The van der Waals surface area contributed by atoms with Gasteiger partial charge in [-0.1, -0.05) is 60.3 Å². The molecule has 0 aromatic heterocycles. The molecule has 1 saturated carbocycles. The Hall–Kier alpha value is -2.24. The summed E-state index contributed by atoms with van der Waals surface area (Å²) in [5.74, 6) is -0.490. The maximum Gasteiger partial charge on any atom is 0.283 e. The monoisotopic (exact) mass is 454 g/mol. The first-order valence-corrected chi connectivity index (χ1v) is 11.9. The van der Waals surface area contributed by atoms with E-state index >= 15 is 0 Å². The van der Waals surface area contributed by atoms with E-state index in [1.165, 1.54) is 23.1 Å². The molecule has 2 aromatic carbocycles. The molecular formula is C25H27ClN2O2S. The number of aryl methyl sites for hydroxylation is 2. The highest BCUT2D eigenvalue weighted by atomic mass is 35.5. The van der Waals surface area contributed by atoms with Crippen molar-refractivity contribution in [1.29, 1.82) is 0 Å². The van der Waals surface area contributed by atoms with E-state index in [-0.39, 0.29) is 17.9 Å². The average molecular weight is 455 g/mol. The third kappa shape index (κ3) is 4.39. The van der Waals surface area contributed by atoms with Gasteiger partial charge in [-0.15, -0.1) is 0 Å². The second-order valence-corrected chi connectivity index (χ2v) is 9.89. The normalized spacial score (nSPS) is 17.6. The van der Waals surface area contributed by atoms with Crippen molar-refractivity contribution in [2.45, 2.75) is 56.9 Å². The molecular weight excluding hydrogens is 428 g/mol. The van der Waals surface area contributed by atoms with Crippen LogP contribution in [0.25, 0.3) is 0 Å². The molecule has 6 heteroatoms. The quantitative estimate of drug-likeness (QED) is 0.512. The molecule has 1 aliphatic carbocycles. The van der Waals surface area contributed by atoms with Crippen LogP contribution < -0.4 is 4.90 Å². The number of amides is 2. The minimum atomic E-state index is -0.255. The molecule has 2 aliphatic rings. The Morgan fingerprint density at radius 1 is 0.968 bits per heavy atom. The average Bonchev–Trinajstić information content (AvgIpc) is 2.99. The number of rotatable bonds is 5. The van der Waals surface area contributed by atoms with Crippen LogP contribution >= 0.6 is 23.4 Å². The summed E-state index contributed by atoms with van der Waals surface area (Å²) in [5.41, 5.74) is 3.18.